The molecule has 0 amide bonds. The molecule has 0 fully saturated rings. The van der Waals surface area contributed by atoms with Gasteiger partial charge in [0.05, 0.1) is 5.02 Å². The van der Waals surface area contributed by atoms with Gasteiger partial charge in [-0.25, -0.2) is 4.39 Å². The summed E-state index contributed by atoms with van der Waals surface area (Å²) in [6, 6.07) is 10.1. The lowest BCUT2D eigenvalue weighted by atomic mass is 10.2. The van der Waals surface area contributed by atoms with Crippen LogP contribution in [0.1, 0.15) is 25.0 Å². The standard InChI is InChI=1S/C17H18Cl2FNO/c1-11(2)21-9-13-7-14(18)4-6-17(13)22-10-12-3-5-15(20)8-16(12)19/h3-8,11,21H,9-10H2,1-2H3. The van der Waals surface area contributed by atoms with Crippen molar-refractivity contribution in [2.45, 2.75) is 33.0 Å². The van der Waals surface area contributed by atoms with Gasteiger partial charge in [-0.1, -0.05) is 43.1 Å². The van der Waals surface area contributed by atoms with Crippen molar-refractivity contribution in [3.63, 3.8) is 0 Å². The lowest BCUT2D eigenvalue weighted by Gasteiger charge is -2.14. The Labute approximate surface area is 140 Å². The van der Waals surface area contributed by atoms with Gasteiger partial charge in [0.1, 0.15) is 18.2 Å². The third-order valence-electron chi connectivity index (χ3n) is 3.12. The van der Waals surface area contributed by atoms with Crippen LogP contribution in [-0.2, 0) is 13.2 Å². The first kappa shape index (κ1) is 17.1. The molecule has 0 aliphatic heterocycles. The van der Waals surface area contributed by atoms with Crippen molar-refractivity contribution >= 4 is 23.2 Å². The van der Waals surface area contributed by atoms with Crippen LogP contribution in [0.2, 0.25) is 10.0 Å². The quantitative estimate of drug-likeness (QED) is 0.778. The molecule has 0 aromatic heterocycles. The predicted octanol–water partition coefficient (Wildman–Crippen LogP) is 5.21. The summed E-state index contributed by atoms with van der Waals surface area (Å²) in [5, 5.41) is 4.35. The number of halogens is 3. The molecule has 2 rings (SSSR count). The Kier molecular flexibility index (Phi) is 6.07. The first-order valence-corrected chi connectivity index (χ1v) is 7.80. The summed E-state index contributed by atoms with van der Waals surface area (Å²) in [7, 11) is 0. The van der Waals surface area contributed by atoms with Crippen molar-refractivity contribution in [1.82, 2.24) is 5.32 Å². The number of hydrogen-bond donors (Lipinski definition) is 1. The summed E-state index contributed by atoms with van der Waals surface area (Å²) in [5.74, 6) is 0.375. The molecule has 22 heavy (non-hydrogen) atoms. The van der Waals surface area contributed by atoms with E-state index in [0.29, 0.717) is 22.6 Å². The van der Waals surface area contributed by atoms with E-state index in [2.05, 4.69) is 19.2 Å². The molecule has 0 unspecified atom stereocenters. The molecular weight excluding hydrogens is 324 g/mol. The van der Waals surface area contributed by atoms with Gasteiger partial charge >= 0.3 is 0 Å². The molecule has 0 radical (unpaired) electrons. The molecule has 0 aliphatic carbocycles. The predicted molar refractivity (Wildman–Crippen MR) is 89.2 cm³/mol. The van der Waals surface area contributed by atoms with Crippen LogP contribution in [0.4, 0.5) is 4.39 Å². The van der Waals surface area contributed by atoms with Crippen LogP contribution in [0.5, 0.6) is 5.75 Å². The molecule has 0 aliphatic rings. The molecule has 0 spiro atoms. The SMILES string of the molecule is CC(C)NCc1cc(Cl)ccc1OCc1ccc(F)cc1Cl. The smallest absolute Gasteiger partial charge is 0.124 e. The van der Waals surface area contributed by atoms with Crippen molar-refractivity contribution in [3.05, 3.63) is 63.4 Å². The fourth-order valence-electron chi connectivity index (χ4n) is 1.94. The molecule has 0 heterocycles. The molecule has 1 N–H and O–H groups in total. The maximum atomic E-state index is 13.0. The molecule has 0 bridgehead atoms. The summed E-state index contributed by atoms with van der Waals surface area (Å²) in [6.07, 6.45) is 0. The average Bonchev–Trinajstić information content (AvgIpc) is 2.45. The van der Waals surface area contributed by atoms with E-state index in [1.54, 1.807) is 12.1 Å². The molecule has 0 saturated heterocycles. The zero-order valence-electron chi connectivity index (χ0n) is 12.5. The minimum absolute atomic E-state index is 0.273. The summed E-state index contributed by atoms with van der Waals surface area (Å²) in [5.41, 5.74) is 1.71. The molecule has 2 aromatic carbocycles. The fraction of sp³-hybridized carbons (Fsp3) is 0.294. The average molecular weight is 342 g/mol. The van der Waals surface area contributed by atoms with Crippen molar-refractivity contribution in [2.24, 2.45) is 0 Å². The molecular formula is C17H18Cl2FNO. The zero-order chi connectivity index (χ0) is 16.1. The highest BCUT2D eigenvalue weighted by Crippen LogP contribution is 2.25. The van der Waals surface area contributed by atoms with Gasteiger partial charge in [0.15, 0.2) is 0 Å². The van der Waals surface area contributed by atoms with Gasteiger partial charge in [-0.15, -0.1) is 0 Å². The van der Waals surface area contributed by atoms with E-state index in [0.717, 1.165) is 16.9 Å². The number of rotatable bonds is 6. The van der Waals surface area contributed by atoms with E-state index in [4.69, 9.17) is 27.9 Å². The number of benzene rings is 2. The lowest BCUT2D eigenvalue weighted by molar-refractivity contribution is 0.301. The molecule has 2 aromatic rings. The van der Waals surface area contributed by atoms with Gasteiger partial charge < -0.3 is 10.1 Å². The highest BCUT2D eigenvalue weighted by molar-refractivity contribution is 6.31. The van der Waals surface area contributed by atoms with Crippen molar-refractivity contribution in [2.75, 3.05) is 0 Å². The van der Waals surface area contributed by atoms with Gasteiger partial charge in [0, 0.05) is 28.7 Å². The van der Waals surface area contributed by atoms with Gasteiger partial charge in [0.25, 0.3) is 0 Å². The van der Waals surface area contributed by atoms with E-state index in [1.165, 1.54) is 12.1 Å². The lowest BCUT2D eigenvalue weighted by Crippen LogP contribution is -2.22. The summed E-state index contributed by atoms with van der Waals surface area (Å²) < 4.78 is 18.9. The molecule has 0 atom stereocenters. The van der Waals surface area contributed by atoms with E-state index in [9.17, 15) is 4.39 Å². The Balaban J connectivity index is 2.11. The number of nitrogens with one attached hydrogen (secondary N) is 1. The van der Waals surface area contributed by atoms with Gasteiger partial charge in [-0.3, -0.25) is 0 Å². The second-order valence-corrected chi connectivity index (χ2v) is 6.16. The van der Waals surface area contributed by atoms with Crippen LogP contribution < -0.4 is 10.1 Å². The second kappa shape index (κ2) is 7.82. The van der Waals surface area contributed by atoms with E-state index in [1.807, 2.05) is 12.1 Å². The third-order valence-corrected chi connectivity index (χ3v) is 3.71. The first-order valence-electron chi connectivity index (χ1n) is 7.04. The minimum atomic E-state index is -0.359. The van der Waals surface area contributed by atoms with Crippen LogP contribution in [0, 0.1) is 5.82 Å². The van der Waals surface area contributed by atoms with Crippen molar-refractivity contribution < 1.29 is 9.13 Å². The Hall–Kier alpha value is -1.29. The molecule has 0 saturated carbocycles. The number of ether oxygens (including phenoxy) is 1. The third kappa shape index (κ3) is 4.87. The van der Waals surface area contributed by atoms with E-state index >= 15 is 0 Å². The monoisotopic (exact) mass is 341 g/mol. The van der Waals surface area contributed by atoms with Gasteiger partial charge in [-0.2, -0.15) is 0 Å². The Morgan fingerprint density at radius 2 is 1.86 bits per heavy atom. The molecule has 5 heteroatoms. The zero-order valence-corrected chi connectivity index (χ0v) is 14.0. The van der Waals surface area contributed by atoms with Crippen LogP contribution in [0.3, 0.4) is 0 Å². The van der Waals surface area contributed by atoms with Crippen molar-refractivity contribution in [1.29, 1.82) is 0 Å². The van der Waals surface area contributed by atoms with E-state index in [-0.39, 0.29) is 12.4 Å². The van der Waals surface area contributed by atoms with Crippen LogP contribution in [0.15, 0.2) is 36.4 Å². The summed E-state index contributed by atoms with van der Waals surface area (Å²) in [6.45, 7) is 5.08. The highest BCUT2D eigenvalue weighted by atomic mass is 35.5. The molecule has 118 valence electrons. The highest BCUT2D eigenvalue weighted by Gasteiger charge is 2.08. The second-order valence-electron chi connectivity index (χ2n) is 5.31. The fourth-order valence-corrected chi connectivity index (χ4v) is 2.35. The minimum Gasteiger partial charge on any atom is -0.489 e. The van der Waals surface area contributed by atoms with Crippen molar-refractivity contribution in [3.8, 4) is 5.75 Å². The first-order chi connectivity index (χ1) is 10.5. The normalized spacial score (nSPS) is 11.0. The van der Waals surface area contributed by atoms with E-state index < -0.39 is 0 Å². The van der Waals surface area contributed by atoms with Gasteiger partial charge in [-0.05, 0) is 30.3 Å². The van der Waals surface area contributed by atoms with Gasteiger partial charge in [0.2, 0.25) is 0 Å². The summed E-state index contributed by atoms with van der Waals surface area (Å²) in [4.78, 5) is 0. The Morgan fingerprint density at radius 3 is 2.55 bits per heavy atom. The Bertz CT molecular complexity index is 647. The number of hydrogen-bond acceptors (Lipinski definition) is 2. The largest absolute Gasteiger partial charge is 0.489 e. The summed E-state index contributed by atoms with van der Waals surface area (Å²) >= 11 is 12.1. The van der Waals surface area contributed by atoms with Crippen LogP contribution >= 0.6 is 23.2 Å². The van der Waals surface area contributed by atoms with Crippen LogP contribution in [-0.4, -0.2) is 6.04 Å². The maximum Gasteiger partial charge on any atom is 0.124 e. The topological polar surface area (TPSA) is 21.3 Å². The Morgan fingerprint density at radius 1 is 1.09 bits per heavy atom. The maximum absolute atomic E-state index is 13.0. The molecule has 2 nitrogen and oxygen atoms in total. The van der Waals surface area contributed by atoms with Crippen LogP contribution in [0.25, 0.3) is 0 Å².